The van der Waals surface area contributed by atoms with Gasteiger partial charge < -0.3 is 5.73 Å². The summed E-state index contributed by atoms with van der Waals surface area (Å²) in [6.07, 6.45) is 1.75. The zero-order valence-electron chi connectivity index (χ0n) is 6.03. The third-order valence-corrected chi connectivity index (χ3v) is 3.42. The number of hydrogen-bond acceptors (Lipinski definition) is 4. The van der Waals surface area contributed by atoms with Crippen LogP contribution in [0.1, 0.15) is 4.88 Å². The van der Waals surface area contributed by atoms with Gasteiger partial charge in [-0.2, -0.15) is 0 Å². The van der Waals surface area contributed by atoms with Crippen molar-refractivity contribution in [3.8, 4) is 0 Å². The summed E-state index contributed by atoms with van der Waals surface area (Å²) in [5.41, 5.74) is 7.00. The molecule has 1 unspecified atom stereocenters. The Morgan fingerprint density at radius 1 is 1.73 bits per heavy atom. The minimum Gasteiger partial charge on any atom is -0.330 e. The number of aromatic nitrogens is 1. The molecule has 1 aromatic rings. The third kappa shape index (κ3) is 3.09. The first-order valence-corrected chi connectivity index (χ1v) is 5.62. The lowest BCUT2D eigenvalue weighted by Crippen LogP contribution is -2.11. The van der Waals surface area contributed by atoms with Crippen LogP contribution in [0.3, 0.4) is 0 Å². The maximum Gasteiger partial charge on any atom is 0.0794 e. The smallest absolute Gasteiger partial charge is 0.0794 e. The van der Waals surface area contributed by atoms with Crippen LogP contribution in [0.2, 0.25) is 0 Å². The largest absolute Gasteiger partial charge is 0.330 e. The highest BCUT2D eigenvalue weighted by atomic mass is 32.2. The molecule has 0 bridgehead atoms. The van der Waals surface area contributed by atoms with E-state index >= 15 is 0 Å². The number of nitrogens with two attached hydrogens (primary N) is 1. The fourth-order valence-electron chi connectivity index (χ4n) is 0.676. The molecule has 5 heteroatoms. The predicted octanol–water partition coefficient (Wildman–Crippen LogP) is 0.350. The van der Waals surface area contributed by atoms with Gasteiger partial charge in [0, 0.05) is 34.2 Å². The molecule has 0 fully saturated rings. The molecule has 1 atom stereocenters. The van der Waals surface area contributed by atoms with Crippen molar-refractivity contribution in [2.45, 2.75) is 5.75 Å². The van der Waals surface area contributed by atoms with Crippen LogP contribution < -0.4 is 5.73 Å². The second kappa shape index (κ2) is 4.58. The van der Waals surface area contributed by atoms with Gasteiger partial charge in [0.05, 0.1) is 11.3 Å². The van der Waals surface area contributed by atoms with E-state index in [0.717, 1.165) is 4.88 Å². The highest BCUT2D eigenvalue weighted by Crippen LogP contribution is 2.07. The Labute approximate surface area is 72.1 Å². The van der Waals surface area contributed by atoms with Gasteiger partial charge in [0.15, 0.2) is 0 Å². The second-order valence-corrected chi connectivity index (χ2v) is 4.59. The van der Waals surface area contributed by atoms with E-state index in [2.05, 4.69) is 4.98 Å². The van der Waals surface area contributed by atoms with Gasteiger partial charge in [-0.15, -0.1) is 11.3 Å². The first-order valence-electron chi connectivity index (χ1n) is 3.25. The molecule has 0 saturated heterocycles. The highest BCUT2D eigenvalue weighted by molar-refractivity contribution is 7.84. The number of hydrogen-bond donors (Lipinski definition) is 1. The van der Waals surface area contributed by atoms with E-state index < -0.39 is 10.8 Å². The van der Waals surface area contributed by atoms with Crippen LogP contribution in [-0.4, -0.2) is 21.5 Å². The molecule has 62 valence electrons. The van der Waals surface area contributed by atoms with Crippen molar-refractivity contribution < 1.29 is 4.21 Å². The number of thiazole rings is 1. The van der Waals surface area contributed by atoms with E-state index in [1.165, 1.54) is 11.3 Å². The Hall–Kier alpha value is -0.260. The van der Waals surface area contributed by atoms with Gasteiger partial charge >= 0.3 is 0 Å². The van der Waals surface area contributed by atoms with Crippen molar-refractivity contribution in [2.24, 2.45) is 5.73 Å². The lowest BCUT2D eigenvalue weighted by Gasteiger charge is -1.95. The molecule has 1 heterocycles. The van der Waals surface area contributed by atoms with Crippen molar-refractivity contribution >= 4 is 22.1 Å². The Balaban J connectivity index is 2.37. The molecule has 2 N–H and O–H groups in total. The Kier molecular flexibility index (Phi) is 3.68. The fourth-order valence-corrected chi connectivity index (χ4v) is 2.52. The van der Waals surface area contributed by atoms with Gasteiger partial charge in [0.25, 0.3) is 0 Å². The van der Waals surface area contributed by atoms with Crippen molar-refractivity contribution in [3.63, 3.8) is 0 Å². The van der Waals surface area contributed by atoms with Crippen LogP contribution in [0, 0.1) is 0 Å². The Morgan fingerprint density at radius 2 is 2.55 bits per heavy atom. The van der Waals surface area contributed by atoms with Crippen molar-refractivity contribution in [2.75, 3.05) is 12.3 Å². The molecular formula is C6H10N2OS2. The fraction of sp³-hybridized carbons (Fsp3) is 0.500. The normalized spacial score (nSPS) is 13.2. The standard InChI is InChI=1S/C6H10N2OS2/c7-1-2-11(9)4-6-3-8-5-10-6/h3,5H,1-2,4,7H2. The van der Waals surface area contributed by atoms with Gasteiger partial charge in [0.2, 0.25) is 0 Å². The third-order valence-electron chi connectivity index (χ3n) is 1.13. The molecular weight excluding hydrogens is 180 g/mol. The predicted molar refractivity (Wildman–Crippen MR) is 47.9 cm³/mol. The maximum absolute atomic E-state index is 11.1. The monoisotopic (exact) mass is 190 g/mol. The van der Waals surface area contributed by atoms with Gasteiger partial charge in [-0.1, -0.05) is 0 Å². The summed E-state index contributed by atoms with van der Waals surface area (Å²) >= 11 is 1.53. The minimum atomic E-state index is -0.804. The van der Waals surface area contributed by atoms with E-state index in [9.17, 15) is 4.21 Å². The lowest BCUT2D eigenvalue weighted by molar-refractivity contribution is 0.682. The second-order valence-electron chi connectivity index (χ2n) is 2.04. The quantitative estimate of drug-likeness (QED) is 0.745. The zero-order valence-corrected chi connectivity index (χ0v) is 7.66. The van der Waals surface area contributed by atoms with Gasteiger partial charge in [-0.3, -0.25) is 9.19 Å². The molecule has 0 spiro atoms. The molecule has 0 aliphatic carbocycles. The summed E-state index contributed by atoms with van der Waals surface area (Å²) in [5, 5.41) is 0. The van der Waals surface area contributed by atoms with Crippen molar-refractivity contribution in [3.05, 3.63) is 16.6 Å². The van der Waals surface area contributed by atoms with Crippen molar-refractivity contribution in [1.82, 2.24) is 4.98 Å². The van der Waals surface area contributed by atoms with Gasteiger partial charge in [0.1, 0.15) is 0 Å². The summed E-state index contributed by atoms with van der Waals surface area (Å²) in [4.78, 5) is 4.95. The average Bonchev–Trinajstić information content (AvgIpc) is 2.40. The van der Waals surface area contributed by atoms with Crippen LogP contribution in [0.15, 0.2) is 11.7 Å². The first kappa shape index (κ1) is 8.83. The molecule has 11 heavy (non-hydrogen) atoms. The van der Waals surface area contributed by atoms with E-state index in [0.29, 0.717) is 18.1 Å². The molecule has 1 rings (SSSR count). The SMILES string of the molecule is NCCS(=O)Cc1cncs1. The number of nitrogens with zero attached hydrogens (tertiary/aromatic N) is 1. The molecule has 0 aromatic carbocycles. The van der Waals surface area contributed by atoms with Gasteiger partial charge in [-0.05, 0) is 0 Å². The van der Waals surface area contributed by atoms with Crippen LogP contribution in [0.4, 0.5) is 0 Å². The summed E-state index contributed by atoms with van der Waals surface area (Å²) in [5.74, 6) is 1.18. The molecule has 0 amide bonds. The van der Waals surface area contributed by atoms with E-state index in [1.807, 2.05) is 0 Å². The molecule has 1 aromatic heterocycles. The maximum atomic E-state index is 11.1. The zero-order chi connectivity index (χ0) is 8.10. The molecule has 0 radical (unpaired) electrons. The summed E-state index contributed by atoms with van der Waals surface area (Å²) < 4.78 is 11.1. The topological polar surface area (TPSA) is 56.0 Å². The number of rotatable bonds is 4. The van der Waals surface area contributed by atoms with E-state index in [-0.39, 0.29) is 0 Å². The molecule has 0 aliphatic heterocycles. The van der Waals surface area contributed by atoms with Crippen LogP contribution >= 0.6 is 11.3 Å². The Morgan fingerprint density at radius 3 is 3.09 bits per heavy atom. The first-order chi connectivity index (χ1) is 5.33. The van der Waals surface area contributed by atoms with Gasteiger partial charge in [-0.25, -0.2) is 0 Å². The van der Waals surface area contributed by atoms with E-state index in [4.69, 9.17) is 5.73 Å². The molecule has 0 aliphatic rings. The Bertz CT molecular complexity index is 222. The van der Waals surface area contributed by atoms with Crippen molar-refractivity contribution in [1.29, 1.82) is 0 Å². The summed E-state index contributed by atoms with van der Waals surface area (Å²) in [6, 6.07) is 0. The van der Waals surface area contributed by atoms with Crippen LogP contribution in [0.25, 0.3) is 0 Å². The summed E-state index contributed by atoms with van der Waals surface area (Å²) in [7, 11) is -0.804. The minimum absolute atomic E-state index is 0.491. The molecule has 0 saturated carbocycles. The van der Waals surface area contributed by atoms with Crippen LogP contribution in [0.5, 0.6) is 0 Å². The van der Waals surface area contributed by atoms with Crippen LogP contribution in [-0.2, 0) is 16.6 Å². The average molecular weight is 190 g/mol. The summed E-state index contributed by atoms with van der Waals surface area (Å²) in [6.45, 7) is 0.491. The highest BCUT2D eigenvalue weighted by Gasteiger charge is 2.00. The van der Waals surface area contributed by atoms with E-state index in [1.54, 1.807) is 11.7 Å². The lowest BCUT2D eigenvalue weighted by atomic mass is 10.6. The molecule has 3 nitrogen and oxygen atoms in total.